The number of halogens is 2. The quantitative estimate of drug-likeness (QED) is 0.417. The summed E-state index contributed by atoms with van der Waals surface area (Å²) in [6.07, 6.45) is 0. The Kier molecular flexibility index (Phi) is 4.08. The van der Waals surface area contributed by atoms with Crippen LogP contribution in [0.3, 0.4) is 0 Å². The van der Waals surface area contributed by atoms with Crippen molar-refractivity contribution in [1.29, 1.82) is 0 Å². The van der Waals surface area contributed by atoms with Crippen LogP contribution in [0, 0.1) is 0 Å². The number of amides is 1. The lowest BCUT2D eigenvalue weighted by Gasteiger charge is -2.22. The predicted molar refractivity (Wildman–Crippen MR) is 110 cm³/mol. The minimum atomic E-state index is -0.664. The third-order valence-electron chi connectivity index (χ3n) is 4.57. The fourth-order valence-electron chi connectivity index (χ4n) is 3.38. The molecular formula is C19H9BrClN3O3S. The zero-order valence-corrected chi connectivity index (χ0v) is 17.1. The molecule has 0 saturated heterocycles. The topological polar surface area (TPSA) is 76.3 Å². The van der Waals surface area contributed by atoms with Crippen molar-refractivity contribution in [3.8, 4) is 0 Å². The number of carbonyl (C=O) groups excluding carboxylic acids is 1. The second-order valence-electron chi connectivity index (χ2n) is 6.17. The van der Waals surface area contributed by atoms with Gasteiger partial charge in [-0.1, -0.05) is 51.0 Å². The standard InChI is InChI=1S/C19H9BrClN3O3S/c20-10-3-1-9(2-4-10)15-14-16(25)12-7-11(21)5-6-13(12)27-17(14)18(26)24(15)19-23-22-8-28-19/h1-8,15H/t15-/m0/s1. The van der Waals surface area contributed by atoms with E-state index in [4.69, 9.17) is 16.0 Å². The van der Waals surface area contributed by atoms with Crippen LogP contribution in [0.4, 0.5) is 5.13 Å². The predicted octanol–water partition coefficient (Wildman–Crippen LogP) is 4.81. The maximum atomic E-state index is 13.3. The monoisotopic (exact) mass is 473 g/mol. The van der Waals surface area contributed by atoms with Crippen LogP contribution in [0.25, 0.3) is 11.0 Å². The lowest BCUT2D eigenvalue weighted by molar-refractivity contribution is 0.0970. The van der Waals surface area contributed by atoms with Gasteiger partial charge in [0.25, 0.3) is 5.91 Å². The molecule has 4 aromatic rings. The molecule has 9 heteroatoms. The van der Waals surface area contributed by atoms with Gasteiger partial charge in [0, 0.05) is 9.50 Å². The Balaban J connectivity index is 1.83. The van der Waals surface area contributed by atoms with Crippen LogP contribution in [0.1, 0.15) is 27.7 Å². The molecule has 0 fully saturated rings. The molecule has 0 bridgehead atoms. The highest BCUT2D eigenvalue weighted by molar-refractivity contribution is 9.10. The molecule has 1 atom stereocenters. The summed E-state index contributed by atoms with van der Waals surface area (Å²) in [6.45, 7) is 0. The summed E-state index contributed by atoms with van der Waals surface area (Å²) in [5.74, 6) is -0.406. The van der Waals surface area contributed by atoms with Crippen LogP contribution >= 0.6 is 38.9 Å². The molecule has 2 aromatic heterocycles. The summed E-state index contributed by atoms with van der Waals surface area (Å²) in [4.78, 5) is 28.0. The van der Waals surface area contributed by atoms with E-state index in [-0.39, 0.29) is 16.8 Å². The maximum Gasteiger partial charge on any atom is 0.297 e. The van der Waals surface area contributed by atoms with Gasteiger partial charge in [-0.2, -0.15) is 0 Å². The van der Waals surface area contributed by atoms with Crippen molar-refractivity contribution in [1.82, 2.24) is 10.2 Å². The number of nitrogens with zero attached hydrogens (tertiary/aromatic N) is 3. The third kappa shape index (κ3) is 2.60. The number of benzene rings is 2. The van der Waals surface area contributed by atoms with Crippen LogP contribution < -0.4 is 10.3 Å². The van der Waals surface area contributed by atoms with Crippen LogP contribution in [0.15, 0.2) is 61.7 Å². The van der Waals surface area contributed by atoms with Gasteiger partial charge in [-0.3, -0.25) is 14.5 Å². The summed E-state index contributed by atoms with van der Waals surface area (Å²) < 4.78 is 6.74. The van der Waals surface area contributed by atoms with Crippen molar-refractivity contribution < 1.29 is 9.21 Å². The first-order valence-electron chi connectivity index (χ1n) is 8.16. The van der Waals surface area contributed by atoms with E-state index in [0.717, 1.165) is 10.0 Å². The summed E-state index contributed by atoms with van der Waals surface area (Å²) in [5.41, 5.74) is 2.61. The molecule has 3 heterocycles. The molecule has 5 rings (SSSR count). The smallest absolute Gasteiger partial charge is 0.297 e. The highest BCUT2D eigenvalue weighted by atomic mass is 79.9. The van der Waals surface area contributed by atoms with Crippen LogP contribution in [-0.2, 0) is 0 Å². The Hall–Kier alpha value is -2.55. The molecule has 2 aromatic carbocycles. The molecular weight excluding hydrogens is 466 g/mol. The highest BCUT2D eigenvalue weighted by Gasteiger charge is 2.44. The average molecular weight is 475 g/mol. The first kappa shape index (κ1) is 17.5. The Morgan fingerprint density at radius 1 is 1.14 bits per heavy atom. The van der Waals surface area contributed by atoms with Crippen molar-refractivity contribution >= 4 is 60.9 Å². The molecule has 0 radical (unpaired) electrons. The first-order valence-corrected chi connectivity index (χ1v) is 10.2. The van der Waals surface area contributed by atoms with Gasteiger partial charge in [-0.15, -0.1) is 10.2 Å². The summed E-state index contributed by atoms with van der Waals surface area (Å²) >= 11 is 10.7. The normalized spacial score (nSPS) is 16.0. The van der Waals surface area contributed by atoms with Crippen molar-refractivity contribution in [2.24, 2.45) is 0 Å². The number of aromatic nitrogens is 2. The minimum absolute atomic E-state index is 0.0166. The van der Waals surface area contributed by atoms with Crippen molar-refractivity contribution in [2.45, 2.75) is 6.04 Å². The van der Waals surface area contributed by atoms with E-state index in [0.29, 0.717) is 21.1 Å². The third-order valence-corrected chi connectivity index (χ3v) is 6.03. The lowest BCUT2D eigenvalue weighted by Crippen LogP contribution is -2.29. The van der Waals surface area contributed by atoms with Crippen molar-refractivity contribution in [2.75, 3.05) is 4.90 Å². The molecule has 28 heavy (non-hydrogen) atoms. The van der Waals surface area contributed by atoms with E-state index < -0.39 is 11.9 Å². The van der Waals surface area contributed by atoms with E-state index in [1.54, 1.807) is 18.2 Å². The minimum Gasteiger partial charge on any atom is -0.450 e. The molecule has 138 valence electrons. The Morgan fingerprint density at radius 2 is 1.93 bits per heavy atom. The van der Waals surface area contributed by atoms with Gasteiger partial charge >= 0.3 is 0 Å². The van der Waals surface area contributed by atoms with Crippen molar-refractivity contribution in [3.05, 3.63) is 84.6 Å². The van der Waals surface area contributed by atoms with Gasteiger partial charge in [0.15, 0.2) is 5.43 Å². The second-order valence-corrected chi connectivity index (χ2v) is 8.33. The highest BCUT2D eigenvalue weighted by Crippen LogP contribution is 2.41. The molecule has 0 aliphatic carbocycles. The SMILES string of the molecule is O=C1c2oc3ccc(Cl)cc3c(=O)c2[C@H](c2ccc(Br)cc2)N1c1nncs1. The van der Waals surface area contributed by atoms with E-state index >= 15 is 0 Å². The lowest BCUT2D eigenvalue weighted by atomic mass is 9.99. The van der Waals surface area contributed by atoms with Gasteiger partial charge in [-0.25, -0.2) is 0 Å². The molecule has 1 aliphatic rings. The fraction of sp³-hybridized carbons (Fsp3) is 0.0526. The van der Waals surface area contributed by atoms with Crippen molar-refractivity contribution in [3.63, 3.8) is 0 Å². The zero-order chi connectivity index (χ0) is 19.4. The number of anilines is 1. The number of fused-ring (bicyclic) bond motifs is 2. The number of hydrogen-bond donors (Lipinski definition) is 0. The van der Waals surface area contributed by atoms with Gasteiger partial charge in [0.05, 0.1) is 17.0 Å². The zero-order valence-electron chi connectivity index (χ0n) is 13.9. The summed E-state index contributed by atoms with van der Waals surface area (Å²) in [5, 5.41) is 9.02. The molecule has 0 spiro atoms. The largest absolute Gasteiger partial charge is 0.450 e. The van der Waals surface area contributed by atoms with Gasteiger partial charge < -0.3 is 4.42 Å². The van der Waals surface area contributed by atoms with E-state index in [9.17, 15) is 9.59 Å². The molecule has 0 saturated carbocycles. The van der Waals surface area contributed by atoms with E-state index in [1.165, 1.54) is 21.7 Å². The second kappa shape index (κ2) is 6.51. The molecule has 6 nitrogen and oxygen atoms in total. The molecule has 0 unspecified atom stereocenters. The van der Waals surface area contributed by atoms with Gasteiger partial charge in [0.2, 0.25) is 10.9 Å². The Morgan fingerprint density at radius 3 is 2.64 bits per heavy atom. The fourth-order valence-corrected chi connectivity index (χ4v) is 4.40. The first-order chi connectivity index (χ1) is 13.5. The summed E-state index contributed by atoms with van der Waals surface area (Å²) in [6, 6.07) is 11.5. The number of rotatable bonds is 2. The van der Waals surface area contributed by atoms with E-state index in [1.807, 2.05) is 24.3 Å². The maximum absolute atomic E-state index is 13.3. The van der Waals surface area contributed by atoms with Gasteiger partial charge in [-0.05, 0) is 35.9 Å². The molecule has 1 aliphatic heterocycles. The molecule has 1 amide bonds. The van der Waals surface area contributed by atoms with Crippen LogP contribution in [-0.4, -0.2) is 16.1 Å². The van der Waals surface area contributed by atoms with E-state index in [2.05, 4.69) is 26.1 Å². The van der Waals surface area contributed by atoms with Crippen LogP contribution in [0.5, 0.6) is 0 Å². The van der Waals surface area contributed by atoms with Gasteiger partial charge in [0.1, 0.15) is 11.1 Å². The average Bonchev–Trinajstić information content (AvgIpc) is 3.30. The molecule has 0 N–H and O–H groups in total. The Labute approximate surface area is 175 Å². The van der Waals surface area contributed by atoms with Crippen LogP contribution in [0.2, 0.25) is 5.02 Å². The number of hydrogen-bond acceptors (Lipinski definition) is 6. The summed E-state index contributed by atoms with van der Waals surface area (Å²) in [7, 11) is 0. The Bertz CT molecular complexity index is 1290. The number of carbonyl (C=O) groups is 1.